The van der Waals surface area contributed by atoms with E-state index in [0.29, 0.717) is 6.54 Å². The number of nitrogens with zero attached hydrogens (tertiary/aromatic N) is 3. The fraction of sp³-hybridized carbons (Fsp3) is 0.500. The summed E-state index contributed by atoms with van der Waals surface area (Å²) in [5, 5.41) is 3.50. The number of hydrogen-bond acceptors (Lipinski definition) is 5. The topological polar surface area (TPSA) is 58.1 Å². The van der Waals surface area contributed by atoms with Gasteiger partial charge in [0.25, 0.3) is 5.91 Å². The Bertz CT molecular complexity index is 751. The van der Waals surface area contributed by atoms with Gasteiger partial charge in [0.15, 0.2) is 0 Å². The highest BCUT2D eigenvalue weighted by atomic mass is 32.1. The fourth-order valence-corrected chi connectivity index (χ4v) is 4.29. The molecule has 0 aromatic carbocycles. The maximum atomic E-state index is 12.6. The summed E-state index contributed by atoms with van der Waals surface area (Å²) < 4.78 is 0. The van der Waals surface area contributed by atoms with E-state index >= 15 is 0 Å². The summed E-state index contributed by atoms with van der Waals surface area (Å²) in [5.74, 6) is 1.04. The molecule has 0 radical (unpaired) electrons. The normalized spacial score (nSPS) is 20.7. The molecule has 1 amide bonds. The summed E-state index contributed by atoms with van der Waals surface area (Å²) in [6.07, 6.45) is 6.32. The molecular weight excluding hydrogens is 320 g/mol. The number of carbonyl (C=O) groups is 1. The molecule has 4 rings (SSSR count). The third-order valence-corrected chi connectivity index (χ3v) is 5.80. The minimum atomic E-state index is 0.122. The first-order valence-corrected chi connectivity index (χ1v) is 9.46. The minimum Gasteiger partial charge on any atom is -0.333 e. The molecule has 0 aliphatic carbocycles. The first kappa shape index (κ1) is 15.7. The van der Waals surface area contributed by atoms with Gasteiger partial charge in [0.05, 0.1) is 16.6 Å². The Morgan fingerprint density at radius 2 is 2.29 bits per heavy atom. The molecule has 1 fully saturated rings. The number of hydrogen-bond donors (Lipinski definition) is 1. The Morgan fingerprint density at radius 1 is 1.38 bits per heavy atom. The molecule has 126 valence electrons. The molecule has 24 heavy (non-hydrogen) atoms. The second-order valence-corrected chi connectivity index (χ2v) is 7.88. The van der Waals surface area contributed by atoms with E-state index in [1.165, 1.54) is 17.7 Å². The van der Waals surface area contributed by atoms with Crippen LogP contribution in [0.1, 0.15) is 56.9 Å². The minimum absolute atomic E-state index is 0.122. The number of aromatic nitrogens is 2. The van der Waals surface area contributed by atoms with Crippen molar-refractivity contribution < 1.29 is 4.79 Å². The Morgan fingerprint density at radius 3 is 3.04 bits per heavy atom. The molecule has 0 saturated carbocycles. The first-order valence-electron chi connectivity index (χ1n) is 8.64. The van der Waals surface area contributed by atoms with Crippen LogP contribution in [0.5, 0.6) is 0 Å². The molecule has 1 N–H and O–H groups in total. The summed E-state index contributed by atoms with van der Waals surface area (Å²) >= 11 is 1.56. The number of fused-ring (bicyclic) bond motifs is 1. The lowest BCUT2D eigenvalue weighted by Gasteiger charge is -2.29. The Kier molecular flexibility index (Phi) is 4.33. The second-order valence-electron chi connectivity index (χ2n) is 6.59. The van der Waals surface area contributed by atoms with Gasteiger partial charge < -0.3 is 10.2 Å². The van der Waals surface area contributed by atoms with Crippen LogP contribution in [0.15, 0.2) is 18.3 Å². The predicted molar refractivity (Wildman–Crippen MR) is 94.1 cm³/mol. The number of carbonyl (C=O) groups excluding carboxylic acids is 1. The maximum Gasteiger partial charge on any atom is 0.264 e. The first-order chi connectivity index (χ1) is 11.7. The highest BCUT2D eigenvalue weighted by Gasteiger charge is 2.25. The van der Waals surface area contributed by atoms with Gasteiger partial charge in [0.1, 0.15) is 5.82 Å². The third-order valence-electron chi connectivity index (χ3n) is 4.81. The van der Waals surface area contributed by atoms with Crippen LogP contribution in [-0.2, 0) is 13.0 Å². The molecule has 0 unspecified atom stereocenters. The molecule has 2 aromatic rings. The van der Waals surface area contributed by atoms with Gasteiger partial charge in [-0.2, -0.15) is 0 Å². The Hall–Kier alpha value is -1.79. The molecular formula is C18H22N4OS. The van der Waals surface area contributed by atoms with Crippen LogP contribution >= 0.6 is 11.3 Å². The molecule has 0 bridgehead atoms. The van der Waals surface area contributed by atoms with Crippen LogP contribution in [0.2, 0.25) is 0 Å². The second kappa shape index (κ2) is 6.61. The number of amides is 1. The van der Waals surface area contributed by atoms with Crippen molar-refractivity contribution in [2.75, 3.05) is 13.1 Å². The van der Waals surface area contributed by atoms with Crippen LogP contribution in [0, 0.1) is 6.92 Å². The zero-order valence-electron chi connectivity index (χ0n) is 13.9. The summed E-state index contributed by atoms with van der Waals surface area (Å²) in [7, 11) is 0. The number of aryl methyl sites for hydroxylation is 1. The van der Waals surface area contributed by atoms with E-state index in [4.69, 9.17) is 4.98 Å². The number of nitrogens with one attached hydrogen (secondary N) is 1. The van der Waals surface area contributed by atoms with Crippen LogP contribution < -0.4 is 5.32 Å². The average molecular weight is 342 g/mol. The summed E-state index contributed by atoms with van der Waals surface area (Å²) in [5.41, 5.74) is 2.20. The molecule has 2 aliphatic rings. The molecule has 5 nitrogen and oxygen atoms in total. The van der Waals surface area contributed by atoms with Crippen LogP contribution in [0.3, 0.4) is 0 Å². The van der Waals surface area contributed by atoms with Crippen molar-refractivity contribution in [1.82, 2.24) is 20.2 Å². The highest BCUT2D eigenvalue weighted by Crippen LogP contribution is 2.25. The number of piperidine rings is 1. The highest BCUT2D eigenvalue weighted by molar-refractivity contribution is 7.13. The maximum absolute atomic E-state index is 12.6. The zero-order valence-corrected chi connectivity index (χ0v) is 14.7. The van der Waals surface area contributed by atoms with Gasteiger partial charge in [-0.1, -0.05) is 6.42 Å². The van der Waals surface area contributed by atoms with Crippen molar-refractivity contribution in [2.45, 2.75) is 45.2 Å². The van der Waals surface area contributed by atoms with E-state index < -0.39 is 0 Å². The van der Waals surface area contributed by atoms with Gasteiger partial charge >= 0.3 is 0 Å². The van der Waals surface area contributed by atoms with Crippen molar-refractivity contribution in [1.29, 1.82) is 0 Å². The standard InChI is InChI=1S/C18H22N4OS/c1-12-5-6-16(24-12)18(23)22-9-7-14-13(11-22)10-20-17(21-14)15-4-2-3-8-19-15/h5-6,10,15,19H,2-4,7-9,11H2,1H3/t15-/m0/s1. The lowest BCUT2D eigenvalue weighted by atomic mass is 10.0. The van der Waals surface area contributed by atoms with Gasteiger partial charge in [-0.3, -0.25) is 4.79 Å². The zero-order chi connectivity index (χ0) is 16.5. The van der Waals surface area contributed by atoms with Crippen molar-refractivity contribution >= 4 is 17.2 Å². The van der Waals surface area contributed by atoms with E-state index in [0.717, 1.165) is 47.9 Å². The third kappa shape index (κ3) is 3.08. The lowest BCUT2D eigenvalue weighted by molar-refractivity contribution is 0.0738. The van der Waals surface area contributed by atoms with Crippen molar-refractivity contribution in [2.24, 2.45) is 0 Å². The Balaban J connectivity index is 1.50. The molecule has 1 atom stereocenters. The van der Waals surface area contributed by atoms with E-state index in [-0.39, 0.29) is 11.9 Å². The van der Waals surface area contributed by atoms with Gasteiger partial charge in [0, 0.05) is 36.1 Å². The lowest BCUT2D eigenvalue weighted by Crippen LogP contribution is -2.36. The van der Waals surface area contributed by atoms with E-state index in [1.807, 2.05) is 30.2 Å². The van der Waals surface area contributed by atoms with E-state index in [2.05, 4.69) is 10.3 Å². The SMILES string of the molecule is Cc1ccc(C(=O)N2CCc3nc([C@@H]4CCCCN4)ncc3C2)s1. The number of thiophene rings is 1. The van der Waals surface area contributed by atoms with Crippen molar-refractivity contribution in [3.8, 4) is 0 Å². The molecule has 1 saturated heterocycles. The molecule has 2 aromatic heterocycles. The smallest absolute Gasteiger partial charge is 0.264 e. The number of rotatable bonds is 2. The fourth-order valence-electron chi connectivity index (χ4n) is 3.45. The molecule has 0 spiro atoms. The average Bonchev–Trinajstić information content (AvgIpc) is 3.07. The van der Waals surface area contributed by atoms with Gasteiger partial charge in [-0.25, -0.2) is 9.97 Å². The largest absolute Gasteiger partial charge is 0.333 e. The Labute approximate surface area is 146 Å². The van der Waals surface area contributed by atoms with Crippen LogP contribution in [0.4, 0.5) is 0 Å². The van der Waals surface area contributed by atoms with Crippen LogP contribution in [-0.4, -0.2) is 33.9 Å². The molecule has 2 aliphatic heterocycles. The quantitative estimate of drug-likeness (QED) is 0.912. The van der Waals surface area contributed by atoms with Crippen molar-refractivity contribution in [3.05, 3.63) is 45.2 Å². The van der Waals surface area contributed by atoms with E-state index in [9.17, 15) is 4.79 Å². The van der Waals surface area contributed by atoms with Gasteiger partial charge in [-0.05, 0) is 38.4 Å². The molecule has 4 heterocycles. The van der Waals surface area contributed by atoms with Crippen LogP contribution in [0.25, 0.3) is 0 Å². The predicted octanol–water partition coefficient (Wildman–Crippen LogP) is 2.86. The van der Waals surface area contributed by atoms with Gasteiger partial charge in [-0.15, -0.1) is 11.3 Å². The van der Waals surface area contributed by atoms with Crippen molar-refractivity contribution in [3.63, 3.8) is 0 Å². The van der Waals surface area contributed by atoms with E-state index in [1.54, 1.807) is 11.3 Å². The summed E-state index contributed by atoms with van der Waals surface area (Å²) in [6, 6.07) is 4.21. The van der Waals surface area contributed by atoms with Gasteiger partial charge in [0.2, 0.25) is 0 Å². The monoisotopic (exact) mass is 342 g/mol. The summed E-state index contributed by atoms with van der Waals surface area (Å²) in [6.45, 7) is 4.43. The summed E-state index contributed by atoms with van der Waals surface area (Å²) in [4.78, 5) is 25.9. The molecule has 6 heteroatoms.